The lowest BCUT2D eigenvalue weighted by Crippen LogP contribution is -2.26. The Hall–Kier alpha value is -1.96. The van der Waals surface area contributed by atoms with Gasteiger partial charge in [0.15, 0.2) is 0 Å². The monoisotopic (exact) mass is 460 g/mol. The summed E-state index contributed by atoms with van der Waals surface area (Å²) in [6, 6.07) is 8.39. The molecule has 6 heteroatoms. The van der Waals surface area contributed by atoms with Crippen LogP contribution in [0.3, 0.4) is 0 Å². The number of hydrogen-bond donors (Lipinski definition) is 5. The van der Waals surface area contributed by atoms with Gasteiger partial charge in [0.2, 0.25) is 0 Å². The number of rotatable bonds is 7. The first-order valence-corrected chi connectivity index (χ1v) is 11.2. The molecule has 0 heterocycles. The van der Waals surface area contributed by atoms with Crippen molar-refractivity contribution in [3.8, 4) is 11.5 Å². The van der Waals surface area contributed by atoms with E-state index in [2.05, 4.69) is 0 Å². The summed E-state index contributed by atoms with van der Waals surface area (Å²) in [5.74, 6) is 0.580. The molecule has 0 radical (unpaired) electrons. The van der Waals surface area contributed by atoms with Gasteiger partial charge in [0.1, 0.15) is 11.5 Å². The lowest BCUT2D eigenvalue weighted by molar-refractivity contribution is 0.0608. The minimum Gasteiger partial charge on any atom is -0.457 e. The van der Waals surface area contributed by atoms with Gasteiger partial charge in [0.05, 0.1) is 28.0 Å². The molecule has 0 aromatic heterocycles. The Balaban J connectivity index is 2.88. The second-order valence-corrected chi connectivity index (χ2v) is 11.5. The normalized spacial score (nSPS) is 13.9. The highest BCUT2D eigenvalue weighted by molar-refractivity contribution is 5.53. The zero-order valence-electron chi connectivity index (χ0n) is 21.5. The fourth-order valence-corrected chi connectivity index (χ4v) is 3.48. The topological polar surface area (TPSA) is 110 Å². The molecule has 0 amide bonds. The molecular formula is C27H40O6. The molecule has 0 saturated heterocycles. The van der Waals surface area contributed by atoms with Gasteiger partial charge in [-0.3, -0.25) is 0 Å². The van der Waals surface area contributed by atoms with E-state index in [9.17, 15) is 25.5 Å². The van der Waals surface area contributed by atoms with Gasteiger partial charge in [-0.25, -0.2) is 0 Å². The molecule has 2 aromatic rings. The third-order valence-electron chi connectivity index (χ3n) is 5.65. The smallest absolute Gasteiger partial charge is 0.139 e. The molecular weight excluding hydrogens is 420 g/mol. The fraction of sp³-hybridized carbons (Fsp3) is 0.556. The maximum atomic E-state index is 11.0. The molecule has 184 valence electrons. The average molecular weight is 461 g/mol. The quantitative estimate of drug-likeness (QED) is 0.413. The van der Waals surface area contributed by atoms with Gasteiger partial charge in [-0.2, -0.15) is 0 Å². The average Bonchev–Trinajstić information content (AvgIpc) is 2.57. The third kappa shape index (κ3) is 6.55. The van der Waals surface area contributed by atoms with Crippen LogP contribution >= 0.6 is 0 Å². The van der Waals surface area contributed by atoms with Crippen LogP contribution in [0.5, 0.6) is 11.5 Å². The van der Waals surface area contributed by atoms with E-state index < -0.39 is 28.0 Å². The van der Waals surface area contributed by atoms with Gasteiger partial charge in [0.25, 0.3) is 0 Å². The van der Waals surface area contributed by atoms with Crippen molar-refractivity contribution in [3.05, 3.63) is 58.1 Å². The van der Waals surface area contributed by atoms with E-state index in [-0.39, 0.29) is 5.75 Å². The highest BCUT2D eigenvalue weighted by Gasteiger charge is 2.33. The van der Waals surface area contributed by atoms with Crippen molar-refractivity contribution in [2.24, 2.45) is 0 Å². The molecule has 0 fully saturated rings. The Morgan fingerprint density at radius 2 is 0.758 bits per heavy atom. The summed E-state index contributed by atoms with van der Waals surface area (Å²) in [6.07, 6.45) is 0. The van der Waals surface area contributed by atoms with Crippen molar-refractivity contribution < 1.29 is 30.3 Å². The summed E-state index contributed by atoms with van der Waals surface area (Å²) in [5, 5.41) is 53.8. The maximum absolute atomic E-state index is 11.0. The predicted molar refractivity (Wildman–Crippen MR) is 129 cm³/mol. The second kappa shape index (κ2) is 8.36. The van der Waals surface area contributed by atoms with E-state index in [1.165, 1.54) is 0 Å². The van der Waals surface area contributed by atoms with Crippen LogP contribution in [0, 0.1) is 0 Å². The van der Waals surface area contributed by atoms with Crippen LogP contribution in [0.25, 0.3) is 0 Å². The second-order valence-electron chi connectivity index (χ2n) is 11.5. The third-order valence-corrected chi connectivity index (χ3v) is 5.65. The number of hydrogen-bond acceptors (Lipinski definition) is 6. The van der Waals surface area contributed by atoms with Gasteiger partial charge in [-0.05, 0) is 116 Å². The van der Waals surface area contributed by atoms with Crippen molar-refractivity contribution in [2.75, 3.05) is 0 Å². The van der Waals surface area contributed by atoms with Gasteiger partial charge >= 0.3 is 0 Å². The summed E-state index contributed by atoms with van der Waals surface area (Å²) in [7, 11) is 0. The molecule has 0 bridgehead atoms. The minimum atomic E-state index is -1.36. The van der Waals surface area contributed by atoms with E-state index >= 15 is 0 Å². The van der Waals surface area contributed by atoms with Crippen LogP contribution in [0.4, 0.5) is 0 Å². The number of ether oxygens (including phenoxy) is 1. The Morgan fingerprint density at radius 1 is 0.455 bits per heavy atom. The van der Waals surface area contributed by atoms with Crippen molar-refractivity contribution in [1.82, 2.24) is 0 Å². The Bertz CT molecular complexity index is 936. The summed E-state index contributed by atoms with van der Waals surface area (Å²) in [6.45, 7) is 16.2. The van der Waals surface area contributed by atoms with Crippen molar-refractivity contribution in [3.63, 3.8) is 0 Å². The molecule has 5 N–H and O–H groups in total. The molecule has 0 atom stereocenters. The Labute approximate surface area is 197 Å². The lowest BCUT2D eigenvalue weighted by atomic mass is 9.84. The van der Waals surface area contributed by atoms with E-state index in [1.54, 1.807) is 99.6 Å². The Morgan fingerprint density at radius 3 is 1.03 bits per heavy atom. The van der Waals surface area contributed by atoms with Crippen LogP contribution < -0.4 is 4.74 Å². The van der Waals surface area contributed by atoms with E-state index in [0.717, 1.165) is 0 Å². The van der Waals surface area contributed by atoms with Crippen LogP contribution in [0.2, 0.25) is 0 Å². The summed E-state index contributed by atoms with van der Waals surface area (Å²) < 4.78 is 6.31. The van der Waals surface area contributed by atoms with Gasteiger partial charge < -0.3 is 30.3 Å². The molecule has 6 nitrogen and oxygen atoms in total. The zero-order chi connectivity index (χ0) is 25.8. The van der Waals surface area contributed by atoms with Crippen molar-refractivity contribution in [2.45, 2.75) is 97.2 Å². The lowest BCUT2D eigenvalue weighted by Gasteiger charge is -2.32. The highest BCUT2D eigenvalue weighted by atomic mass is 16.5. The molecule has 33 heavy (non-hydrogen) atoms. The molecule has 0 saturated carbocycles. The number of benzene rings is 2. The van der Waals surface area contributed by atoms with E-state index in [1.807, 2.05) is 0 Å². The van der Waals surface area contributed by atoms with E-state index in [4.69, 9.17) is 4.74 Å². The molecule has 0 unspecified atom stereocenters. The van der Waals surface area contributed by atoms with Crippen LogP contribution in [-0.2, 0) is 28.0 Å². The first-order valence-electron chi connectivity index (χ1n) is 11.2. The molecule has 0 aliphatic rings. The standard InChI is InChI=1S/C27H40O6/c1-23(2,28)16-11-17(24(3,4)29)13-19(12-16)33-22-20(26(7,8)31)14-18(25(5,6)30)15-21(22)27(9,10)32/h11-15,28-32H,1-10H3. The first kappa shape index (κ1) is 27.3. The van der Waals surface area contributed by atoms with Crippen LogP contribution in [0.15, 0.2) is 30.3 Å². The largest absolute Gasteiger partial charge is 0.457 e. The van der Waals surface area contributed by atoms with Gasteiger partial charge in [-0.15, -0.1) is 0 Å². The van der Waals surface area contributed by atoms with Gasteiger partial charge in [0, 0.05) is 11.1 Å². The number of aliphatic hydroxyl groups is 5. The summed E-state index contributed by atoms with van der Waals surface area (Å²) in [5.41, 5.74) is -3.94. The van der Waals surface area contributed by atoms with Gasteiger partial charge in [-0.1, -0.05) is 0 Å². The zero-order valence-corrected chi connectivity index (χ0v) is 21.5. The van der Waals surface area contributed by atoms with Crippen LogP contribution in [-0.4, -0.2) is 25.5 Å². The molecule has 2 rings (SSSR count). The highest BCUT2D eigenvalue weighted by Crippen LogP contribution is 2.44. The van der Waals surface area contributed by atoms with Crippen LogP contribution in [0.1, 0.15) is 97.1 Å². The van der Waals surface area contributed by atoms with Crippen molar-refractivity contribution >= 4 is 0 Å². The van der Waals surface area contributed by atoms with Crippen molar-refractivity contribution in [1.29, 1.82) is 0 Å². The Kier molecular flexibility index (Phi) is 6.91. The molecule has 0 aliphatic carbocycles. The molecule has 0 aliphatic heterocycles. The summed E-state index contributed by atoms with van der Waals surface area (Å²) in [4.78, 5) is 0. The molecule has 2 aromatic carbocycles. The minimum absolute atomic E-state index is 0.248. The van der Waals surface area contributed by atoms with E-state index in [0.29, 0.717) is 33.6 Å². The maximum Gasteiger partial charge on any atom is 0.139 e. The summed E-state index contributed by atoms with van der Waals surface area (Å²) >= 11 is 0. The predicted octanol–water partition coefficient (Wildman–Crippen LogP) is 4.62. The fourth-order valence-electron chi connectivity index (χ4n) is 3.48. The first-order chi connectivity index (χ1) is 14.5. The molecule has 0 spiro atoms. The SMILES string of the molecule is CC(C)(O)c1cc(Oc2c(C(C)(C)O)cc(C(C)(C)O)cc2C(C)(C)O)cc(C(C)(C)O)c1.